The van der Waals surface area contributed by atoms with E-state index in [0.717, 1.165) is 31.7 Å². The van der Waals surface area contributed by atoms with Crippen LogP contribution >= 0.6 is 0 Å². The molecule has 0 saturated carbocycles. The van der Waals surface area contributed by atoms with Crippen molar-refractivity contribution in [3.05, 3.63) is 30.1 Å². The number of piperidine rings is 1. The molecular formula is C16H19FN4O. The van der Waals surface area contributed by atoms with Crippen LogP contribution in [0.15, 0.2) is 24.3 Å². The van der Waals surface area contributed by atoms with Gasteiger partial charge in [-0.2, -0.15) is 0 Å². The average Bonchev–Trinajstić information content (AvgIpc) is 2.55. The second-order valence-electron chi connectivity index (χ2n) is 5.45. The molecule has 22 heavy (non-hydrogen) atoms. The van der Waals surface area contributed by atoms with E-state index < -0.39 is 5.82 Å². The minimum atomic E-state index is -0.428. The number of fused-ring (bicyclic) bond motifs is 1. The maximum absolute atomic E-state index is 14.3. The van der Waals surface area contributed by atoms with Gasteiger partial charge in [-0.25, -0.2) is 14.2 Å². The highest BCUT2D eigenvalue weighted by Gasteiger charge is 2.14. The van der Waals surface area contributed by atoms with E-state index in [1.54, 1.807) is 6.07 Å². The molecule has 1 fully saturated rings. The number of urea groups is 1. The highest BCUT2D eigenvalue weighted by atomic mass is 19.1. The number of pyridine rings is 1. The molecule has 1 aromatic carbocycles. The van der Waals surface area contributed by atoms with Crippen LogP contribution in [0.4, 0.5) is 20.7 Å². The Morgan fingerprint density at radius 3 is 2.73 bits per heavy atom. The molecule has 2 N–H and O–H groups in total. The summed E-state index contributed by atoms with van der Waals surface area (Å²) in [5, 5.41) is 5.69. The molecule has 3 rings (SSSR count). The van der Waals surface area contributed by atoms with E-state index in [1.165, 1.54) is 19.5 Å². The first-order chi connectivity index (χ1) is 10.7. The fourth-order valence-corrected chi connectivity index (χ4v) is 2.75. The van der Waals surface area contributed by atoms with Crippen LogP contribution in [0.2, 0.25) is 0 Å². The van der Waals surface area contributed by atoms with E-state index >= 15 is 0 Å². The summed E-state index contributed by atoms with van der Waals surface area (Å²) < 4.78 is 14.3. The van der Waals surface area contributed by atoms with Crippen molar-refractivity contribution in [2.24, 2.45) is 0 Å². The summed E-state index contributed by atoms with van der Waals surface area (Å²) in [6.07, 6.45) is 3.54. The van der Waals surface area contributed by atoms with Gasteiger partial charge < -0.3 is 15.5 Å². The van der Waals surface area contributed by atoms with Crippen LogP contribution < -0.4 is 15.5 Å². The number of rotatable bonds is 2. The van der Waals surface area contributed by atoms with Crippen LogP contribution in [0.25, 0.3) is 10.9 Å². The molecule has 5 nitrogen and oxygen atoms in total. The second kappa shape index (κ2) is 6.17. The summed E-state index contributed by atoms with van der Waals surface area (Å²) in [6, 6.07) is 6.41. The molecule has 1 saturated heterocycles. The number of carbonyl (C=O) groups excluding carboxylic acids is 1. The molecule has 2 amide bonds. The Bertz CT molecular complexity index is 698. The topological polar surface area (TPSA) is 57.3 Å². The maximum atomic E-state index is 14.3. The molecule has 0 aliphatic carbocycles. The van der Waals surface area contributed by atoms with Crippen molar-refractivity contribution in [1.29, 1.82) is 0 Å². The van der Waals surface area contributed by atoms with Crippen LogP contribution in [0.3, 0.4) is 0 Å². The van der Waals surface area contributed by atoms with Crippen molar-refractivity contribution in [2.75, 3.05) is 30.4 Å². The van der Waals surface area contributed by atoms with E-state index in [-0.39, 0.29) is 6.03 Å². The van der Waals surface area contributed by atoms with Gasteiger partial charge in [0.1, 0.15) is 11.3 Å². The first kappa shape index (κ1) is 14.6. The lowest BCUT2D eigenvalue weighted by Gasteiger charge is -2.27. The number of hydrogen-bond acceptors (Lipinski definition) is 3. The molecular weight excluding hydrogens is 283 g/mol. The lowest BCUT2D eigenvalue weighted by atomic mass is 10.1. The van der Waals surface area contributed by atoms with Gasteiger partial charge in [-0.05, 0) is 43.5 Å². The van der Waals surface area contributed by atoms with E-state index in [0.29, 0.717) is 16.6 Å². The van der Waals surface area contributed by atoms with E-state index in [9.17, 15) is 9.18 Å². The third kappa shape index (κ3) is 2.95. The maximum Gasteiger partial charge on any atom is 0.318 e. The quantitative estimate of drug-likeness (QED) is 0.896. The normalized spacial score (nSPS) is 14.9. The first-order valence-corrected chi connectivity index (χ1v) is 7.51. The number of carbonyl (C=O) groups is 1. The van der Waals surface area contributed by atoms with Gasteiger partial charge in [-0.3, -0.25) is 0 Å². The summed E-state index contributed by atoms with van der Waals surface area (Å²) in [6.45, 7) is 1.94. The van der Waals surface area contributed by atoms with E-state index in [1.807, 2.05) is 12.1 Å². The summed E-state index contributed by atoms with van der Waals surface area (Å²) in [7, 11) is 1.51. The number of hydrogen-bond donors (Lipinski definition) is 2. The highest BCUT2D eigenvalue weighted by Crippen LogP contribution is 2.25. The van der Waals surface area contributed by atoms with Gasteiger partial charge in [-0.1, -0.05) is 0 Å². The largest absolute Gasteiger partial charge is 0.357 e. The van der Waals surface area contributed by atoms with Crippen molar-refractivity contribution in [3.8, 4) is 0 Å². The zero-order valence-electron chi connectivity index (χ0n) is 12.5. The SMILES string of the molecule is CNC(=O)Nc1cc(F)c2nc(N3CCCCC3)ccc2c1. The molecule has 0 spiro atoms. The van der Waals surface area contributed by atoms with Crippen LogP contribution in [-0.4, -0.2) is 31.2 Å². The van der Waals surface area contributed by atoms with Gasteiger partial charge in [0, 0.05) is 31.2 Å². The molecule has 0 radical (unpaired) electrons. The molecule has 0 bridgehead atoms. The van der Waals surface area contributed by atoms with Crippen molar-refractivity contribution in [1.82, 2.24) is 10.3 Å². The number of nitrogens with one attached hydrogen (secondary N) is 2. The Kier molecular flexibility index (Phi) is 4.09. The van der Waals surface area contributed by atoms with Gasteiger partial charge in [0.15, 0.2) is 5.82 Å². The van der Waals surface area contributed by atoms with Gasteiger partial charge in [0.05, 0.1) is 0 Å². The van der Waals surface area contributed by atoms with E-state index in [2.05, 4.69) is 20.5 Å². The molecule has 0 atom stereocenters. The second-order valence-corrected chi connectivity index (χ2v) is 5.45. The molecule has 2 heterocycles. The minimum Gasteiger partial charge on any atom is -0.357 e. The molecule has 116 valence electrons. The Morgan fingerprint density at radius 2 is 2.00 bits per heavy atom. The van der Waals surface area contributed by atoms with Crippen molar-refractivity contribution >= 4 is 28.4 Å². The van der Waals surface area contributed by atoms with Crippen molar-refractivity contribution in [2.45, 2.75) is 19.3 Å². The lowest BCUT2D eigenvalue weighted by molar-refractivity contribution is 0.254. The van der Waals surface area contributed by atoms with Crippen molar-refractivity contribution < 1.29 is 9.18 Å². The van der Waals surface area contributed by atoms with Gasteiger partial charge >= 0.3 is 6.03 Å². The van der Waals surface area contributed by atoms with Crippen LogP contribution in [0.1, 0.15) is 19.3 Å². The average molecular weight is 302 g/mol. The van der Waals surface area contributed by atoms with Crippen molar-refractivity contribution in [3.63, 3.8) is 0 Å². The molecule has 1 aromatic heterocycles. The highest BCUT2D eigenvalue weighted by molar-refractivity contribution is 5.93. The molecule has 1 aliphatic heterocycles. The van der Waals surface area contributed by atoms with Gasteiger partial charge in [-0.15, -0.1) is 0 Å². The summed E-state index contributed by atoms with van der Waals surface area (Å²) in [5.41, 5.74) is 0.752. The number of nitrogens with zero attached hydrogens (tertiary/aromatic N) is 2. The van der Waals surface area contributed by atoms with Crippen LogP contribution in [0, 0.1) is 5.82 Å². The van der Waals surface area contributed by atoms with E-state index in [4.69, 9.17) is 0 Å². The lowest BCUT2D eigenvalue weighted by Crippen LogP contribution is -2.30. The fraction of sp³-hybridized carbons (Fsp3) is 0.375. The predicted octanol–water partition coefficient (Wildman–Crippen LogP) is 3.12. The molecule has 6 heteroatoms. The molecule has 1 aliphatic rings. The van der Waals surface area contributed by atoms with Gasteiger partial charge in [0.2, 0.25) is 0 Å². The Labute approximate surface area is 128 Å². The summed E-state index contributed by atoms with van der Waals surface area (Å²) >= 11 is 0. The smallest absolute Gasteiger partial charge is 0.318 e. The Morgan fingerprint density at radius 1 is 1.23 bits per heavy atom. The van der Waals surface area contributed by atoms with Gasteiger partial charge in [0.25, 0.3) is 0 Å². The van der Waals surface area contributed by atoms with Crippen LogP contribution in [0.5, 0.6) is 0 Å². The number of aromatic nitrogens is 1. The fourth-order valence-electron chi connectivity index (χ4n) is 2.75. The number of benzene rings is 1. The Balaban J connectivity index is 1.93. The zero-order chi connectivity index (χ0) is 15.5. The summed E-state index contributed by atoms with van der Waals surface area (Å²) in [5.74, 6) is 0.390. The third-order valence-electron chi connectivity index (χ3n) is 3.90. The predicted molar refractivity (Wildman–Crippen MR) is 85.8 cm³/mol. The number of halogens is 1. The standard InChI is InChI=1S/C16H19FN4O/c1-18-16(22)19-12-9-11-5-6-14(20-15(11)13(17)10-12)21-7-3-2-4-8-21/h5-6,9-10H,2-4,7-8H2,1H3,(H2,18,19,22). The monoisotopic (exact) mass is 302 g/mol. The van der Waals surface area contributed by atoms with Crippen LogP contribution in [-0.2, 0) is 0 Å². The third-order valence-corrected chi connectivity index (χ3v) is 3.90. The first-order valence-electron chi connectivity index (χ1n) is 7.51. The number of anilines is 2. The molecule has 2 aromatic rings. The summed E-state index contributed by atoms with van der Waals surface area (Å²) in [4.78, 5) is 18.0. The Hall–Kier alpha value is -2.37. The molecule has 0 unspecified atom stereocenters. The zero-order valence-corrected chi connectivity index (χ0v) is 12.5. The number of amides is 2. The minimum absolute atomic E-state index is 0.338.